The van der Waals surface area contributed by atoms with E-state index in [9.17, 15) is 4.79 Å². The van der Waals surface area contributed by atoms with Gasteiger partial charge in [0.25, 0.3) is 5.91 Å². The molecular formula is C20H21N3OS2. The minimum absolute atomic E-state index is 0.0795. The van der Waals surface area contributed by atoms with Gasteiger partial charge >= 0.3 is 0 Å². The van der Waals surface area contributed by atoms with Crippen LogP contribution >= 0.6 is 23.1 Å². The SMILES string of the molecule is CCC(Sc1nc2ccccc2s1)C(=O)NN=C(C)Cc1ccccc1. The van der Waals surface area contributed by atoms with Crippen molar-refractivity contribution in [3.05, 3.63) is 60.2 Å². The number of carbonyl (C=O) groups excluding carboxylic acids is 1. The summed E-state index contributed by atoms with van der Waals surface area (Å²) in [6.45, 7) is 3.93. The molecule has 1 N–H and O–H groups in total. The zero-order valence-electron chi connectivity index (χ0n) is 14.8. The van der Waals surface area contributed by atoms with Crippen LogP contribution in [0.1, 0.15) is 25.8 Å². The molecular weight excluding hydrogens is 362 g/mol. The molecule has 26 heavy (non-hydrogen) atoms. The number of hydrogen-bond donors (Lipinski definition) is 1. The summed E-state index contributed by atoms with van der Waals surface area (Å²) >= 11 is 3.12. The first-order valence-electron chi connectivity index (χ1n) is 8.55. The van der Waals surface area contributed by atoms with Crippen molar-refractivity contribution in [3.8, 4) is 0 Å². The molecule has 0 spiro atoms. The monoisotopic (exact) mass is 383 g/mol. The molecule has 0 saturated heterocycles. The van der Waals surface area contributed by atoms with Crippen molar-refractivity contribution in [2.75, 3.05) is 0 Å². The second-order valence-electron chi connectivity index (χ2n) is 5.95. The number of thiazole rings is 1. The number of rotatable bonds is 7. The highest BCUT2D eigenvalue weighted by molar-refractivity contribution is 8.02. The number of nitrogens with zero attached hydrogens (tertiary/aromatic N) is 2. The first-order valence-corrected chi connectivity index (χ1v) is 10.2. The van der Waals surface area contributed by atoms with E-state index in [1.54, 1.807) is 11.3 Å². The largest absolute Gasteiger partial charge is 0.272 e. The van der Waals surface area contributed by atoms with E-state index in [4.69, 9.17) is 0 Å². The molecule has 2 aromatic carbocycles. The van der Waals surface area contributed by atoms with Crippen LogP contribution in [0.2, 0.25) is 0 Å². The minimum Gasteiger partial charge on any atom is -0.272 e. The lowest BCUT2D eigenvalue weighted by Gasteiger charge is -2.11. The highest BCUT2D eigenvalue weighted by Crippen LogP contribution is 2.33. The van der Waals surface area contributed by atoms with Crippen LogP contribution in [-0.4, -0.2) is 21.9 Å². The lowest BCUT2D eigenvalue weighted by molar-refractivity contribution is -0.120. The molecule has 0 bridgehead atoms. The molecule has 6 heteroatoms. The van der Waals surface area contributed by atoms with Gasteiger partial charge in [-0.3, -0.25) is 4.79 Å². The molecule has 4 nitrogen and oxygen atoms in total. The maximum Gasteiger partial charge on any atom is 0.253 e. The molecule has 3 rings (SSSR count). The number of amides is 1. The van der Waals surface area contributed by atoms with Gasteiger partial charge in [-0.15, -0.1) is 11.3 Å². The van der Waals surface area contributed by atoms with E-state index in [2.05, 4.69) is 33.7 Å². The van der Waals surface area contributed by atoms with E-state index in [0.717, 1.165) is 33.1 Å². The van der Waals surface area contributed by atoms with Gasteiger partial charge in [0.2, 0.25) is 0 Å². The summed E-state index contributed by atoms with van der Waals surface area (Å²) in [6, 6.07) is 18.1. The van der Waals surface area contributed by atoms with E-state index in [-0.39, 0.29) is 11.2 Å². The molecule has 1 atom stereocenters. The second kappa shape index (κ2) is 8.96. The Bertz CT molecular complexity index is 873. The smallest absolute Gasteiger partial charge is 0.253 e. The van der Waals surface area contributed by atoms with Gasteiger partial charge in [-0.05, 0) is 31.0 Å². The number of benzene rings is 2. The summed E-state index contributed by atoms with van der Waals surface area (Å²) in [5, 5.41) is 4.05. The number of fused-ring (bicyclic) bond motifs is 1. The zero-order valence-corrected chi connectivity index (χ0v) is 16.4. The quantitative estimate of drug-likeness (QED) is 0.359. The Morgan fingerprint density at radius 1 is 1.19 bits per heavy atom. The van der Waals surface area contributed by atoms with Crippen LogP contribution in [0.15, 0.2) is 64.0 Å². The Kier molecular flexibility index (Phi) is 6.41. The van der Waals surface area contributed by atoms with Crippen molar-refractivity contribution in [3.63, 3.8) is 0 Å². The lowest BCUT2D eigenvalue weighted by Crippen LogP contribution is -2.29. The molecule has 1 amide bonds. The Balaban J connectivity index is 1.60. The highest BCUT2D eigenvalue weighted by atomic mass is 32.2. The standard InChI is InChI=1S/C20H21N3OS2/c1-3-17(25-20-21-16-11-7-8-12-18(16)26-20)19(24)23-22-14(2)13-15-9-5-4-6-10-15/h4-12,17H,3,13H2,1-2H3,(H,23,24). The number of para-hydroxylation sites is 1. The third-order valence-corrected chi connectivity index (χ3v) is 6.33. The van der Waals surface area contributed by atoms with E-state index in [1.807, 2.05) is 50.2 Å². The van der Waals surface area contributed by atoms with E-state index in [1.165, 1.54) is 17.3 Å². The number of thioether (sulfide) groups is 1. The highest BCUT2D eigenvalue weighted by Gasteiger charge is 2.19. The molecule has 0 radical (unpaired) electrons. The van der Waals surface area contributed by atoms with Crippen LogP contribution in [0.4, 0.5) is 0 Å². The normalized spacial score (nSPS) is 12.9. The van der Waals surface area contributed by atoms with Gasteiger partial charge in [-0.1, -0.05) is 61.2 Å². The van der Waals surface area contributed by atoms with Crippen molar-refractivity contribution in [2.45, 2.75) is 36.3 Å². The van der Waals surface area contributed by atoms with Gasteiger partial charge in [0.15, 0.2) is 4.34 Å². The Labute approximate surface area is 161 Å². The average Bonchev–Trinajstić information content (AvgIpc) is 3.07. The predicted octanol–water partition coefficient (Wildman–Crippen LogP) is 4.90. The fraction of sp³-hybridized carbons (Fsp3) is 0.250. The van der Waals surface area contributed by atoms with E-state index < -0.39 is 0 Å². The molecule has 3 aromatic rings. The minimum atomic E-state index is -0.205. The maximum absolute atomic E-state index is 12.5. The fourth-order valence-corrected chi connectivity index (χ4v) is 4.73. The molecule has 0 aliphatic carbocycles. The van der Waals surface area contributed by atoms with Crippen molar-refractivity contribution < 1.29 is 4.79 Å². The van der Waals surface area contributed by atoms with Gasteiger partial charge in [-0.25, -0.2) is 10.4 Å². The van der Waals surface area contributed by atoms with Crippen LogP contribution in [-0.2, 0) is 11.2 Å². The van der Waals surface area contributed by atoms with Crippen molar-refractivity contribution >= 4 is 44.9 Å². The first kappa shape index (κ1) is 18.6. The lowest BCUT2D eigenvalue weighted by atomic mass is 10.1. The number of carbonyl (C=O) groups is 1. The Hall–Kier alpha value is -2.18. The van der Waals surface area contributed by atoms with Gasteiger partial charge in [0.1, 0.15) is 0 Å². The van der Waals surface area contributed by atoms with Crippen LogP contribution in [0.3, 0.4) is 0 Å². The number of nitrogens with one attached hydrogen (secondary N) is 1. The van der Waals surface area contributed by atoms with Gasteiger partial charge in [0, 0.05) is 12.1 Å². The first-order chi connectivity index (χ1) is 12.7. The molecule has 0 aliphatic rings. The average molecular weight is 384 g/mol. The molecule has 0 saturated carbocycles. The molecule has 1 heterocycles. The molecule has 0 fully saturated rings. The van der Waals surface area contributed by atoms with Crippen molar-refractivity contribution in [1.82, 2.24) is 10.4 Å². The summed E-state index contributed by atoms with van der Waals surface area (Å²) in [5.41, 5.74) is 5.75. The summed E-state index contributed by atoms with van der Waals surface area (Å²) in [6.07, 6.45) is 1.45. The van der Waals surface area contributed by atoms with Gasteiger partial charge < -0.3 is 0 Å². The molecule has 1 aromatic heterocycles. The Morgan fingerprint density at radius 3 is 2.65 bits per heavy atom. The number of hydrazone groups is 1. The van der Waals surface area contributed by atoms with Crippen LogP contribution < -0.4 is 5.43 Å². The van der Waals surface area contributed by atoms with Crippen molar-refractivity contribution in [2.24, 2.45) is 5.10 Å². The van der Waals surface area contributed by atoms with Crippen molar-refractivity contribution in [1.29, 1.82) is 0 Å². The number of aromatic nitrogens is 1. The summed E-state index contributed by atoms with van der Waals surface area (Å²) in [4.78, 5) is 17.1. The van der Waals surface area contributed by atoms with Gasteiger partial charge in [-0.2, -0.15) is 5.10 Å². The van der Waals surface area contributed by atoms with E-state index in [0.29, 0.717) is 0 Å². The molecule has 134 valence electrons. The molecule has 1 unspecified atom stereocenters. The summed E-state index contributed by atoms with van der Waals surface area (Å²) in [5.74, 6) is -0.0795. The summed E-state index contributed by atoms with van der Waals surface area (Å²) < 4.78 is 2.06. The van der Waals surface area contributed by atoms with Crippen LogP contribution in [0, 0.1) is 0 Å². The topological polar surface area (TPSA) is 54.4 Å². The third kappa shape index (κ3) is 4.93. The zero-order chi connectivity index (χ0) is 18.4. The fourth-order valence-electron chi connectivity index (χ4n) is 2.50. The maximum atomic E-state index is 12.5. The van der Waals surface area contributed by atoms with Crippen LogP contribution in [0.25, 0.3) is 10.2 Å². The number of hydrogen-bond acceptors (Lipinski definition) is 5. The van der Waals surface area contributed by atoms with Gasteiger partial charge in [0.05, 0.1) is 15.5 Å². The molecule has 0 aliphatic heterocycles. The second-order valence-corrected chi connectivity index (χ2v) is 8.43. The van der Waals surface area contributed by atoms with Crippen LogP contribution in [0.5, 0.6) is 0 Å². The predicted molar refractivity (Wildman–Crippen MR) is 111 cm³/mol. The Morgan fingerprint density at radius 2 is 1.92 bits per heavy atom. The third-order valence-electron chi connectivity index (χ3n) is 3.84. The summed E-state index contributed by atoms with van der Waals surface area (Å²) in [7, 11) is 0. The van der Waals surface area contributed by atoms with E-state index >= 15 is 0 Å².